The molecule has 3 aromatic carbocycles. The van der Waals surface area contributed by atoms with Gasteiger partial charge in [0.05, 0.1) is 6.21 Å². The van der Waals surface area contributed by atoms with E-state index < -0.39 is 0 Å². The van der Waals surface area contributed by atoms with Crippen LogP contribution in [0.5, 0.6) is 0 Å². The molecule has 0 aliphatic rings. The zero-order chi connectivity index (χ0) is 17.5. The van der Waals surface area contributed by atoms with E-state index in [9.17, 15) is 4.79 Å². The summed E-state index contributed by atoms with van der Waals surface area (Å²) in [5.74, 6) is -0.274. The number of benzene rings is 3. The molecule has 0 fully saturated rings. The molecule has 0 bridgehead atoms. The third kappa shape index (κ3) is 5.21. The van der Waals surface area contributed by atoms with Gasteiger partial charge in [-0.1, -0.05) is 53.7 Å². The maximum absolute atomic E-state index is 11.9. The van der Waals surface area contributed by atoms with Crippen LogP contribution in [-0.2, 0) is 0 Å². The van der Waals surface area contributed by atoms with Gasteiger partial charge in [-0.2, -0.15) is 5.10 Å². The van der Waals surface area contributed by atoms with Crippen LogP contribution in [0.15, 0.2) is 93.8 Å². The van der Waals surface area contributed by atoms with Crippen LogP contribution in [0.1, 0.15) is 15.9 Å². The van der Waals surface area contributed by atoms with E-state index in [0.29, 0.717) is 10.6 Å². The van der Waals surface area contributed by atoms with Gasteiger partial charge in [-0.3, -0.25) is 4.79 Å². The summed E-state index contributed by atoms with van der Waals surface area (Å²) in [4.78, 5) is 14.3. The van der Waals surface area contributed by atoms with Crippen LogP contribution in [0, 0.1) is 0 Å². The van der Waals surface area contributed by atoms with Crippen molar-refractivity contribution < 1.29 is 4.79 Å². The number of hydrogen-bond donors (Lipinski definition) is 1. The van der Waals surface area contributed by atoms with Crippen LogP contribution in [0.4, 0.5) is 0 Å². The number of rotatable bonds is 5. The number of amides is 1. The third-order valence-corrected chi connectivity index (χ3v) is 4.61. The monoisotopic (exact) mass is 366 g/mol. The Kier molecular flexibility index (Phi) is 5.88. The van der Waals surface area contributed by atoms with Crippen molar-refractivity contribution in [2.24, 2.45) is 5.10 Å². The lowest BCUT2D eigenvalue weighted by Gasteiger charge is -2.02. The van der Waals surface area contributed by atoms with E-state index in [1.807, 2.05) is 42.5 Å². The lowest BCUT2D eigenvalue weighted by Crippen LogP contribution is -2.17. The fourth-order valence-corrected chi connectivity index (χ4v) is 3.04. The van der Waals surface area contributed by atoms with E-state index in [-0.39, 0.29) is 5.91 Å². The topological polar surface area (TPSA) is 41.5 Å². The van der Waals surface area contributed by atoms with Crippen molar-refractivity contribution in [2.75, 3.05) is 0 Å². The smallest absolute Gasteiger partial charge is 0.267 e. The van der Waals surface area contributed by atoms with Gasteiger partial charge >= 0.3 is 0 Å². The minimum Gasteiger partial charge on any atom is -0.267 e. The van der Waals surface area contributed by atoms with Crippen molar-refractivity contribution in [1.29, 1.82) is 0 Å². The highest BCUT2D eigenvalue weighted by Crippen LogP contribution is 2.27. The van der Waals surface area contributed by atoms with E-state index in [0.717, 1.165) is 10.5 Å². The van der Waals surface area contributed by atoms with Gasteiger partial charge in [0, 0.05) is 20.4 Å². The quantitative estimate of drug-likeness (QED) is 0.494. The SMILES string of the molecule is O=C(N/N=C\c1ccc(Sc2ccccc2)cc1)c1ccc(Cl)cc1. The molecule has 0 aromatic heterocycles. The highest BCUT2D eigenvalue weighted by atomic mass is 35.5. The van der Waals surface area contributed by atoms with Crippen molar-refractivity contribution in [3.8, 4) is 0 Å². The largest absolute Gasteiger partial charge is 0.271 e. The molecule has 3 rings (SSSR count). The van der Waals surface area contributed by atoms with Gasteiger partial charge in [0.2, 0.25) is 0 Å². The Morgan fingerprint density at radius 2 is 1.52 bits per heavy atom. The van der Waals surface area contributed by atoms with Gasteiger partial charge in [-0.25, -0.2) is 5.43 Å². The zero-order valence-electron chi connectivity index (χ0n) is 13.2. The maximum Gasteiger partial charge on any atom is 0.271 e. The molecule has 0 radical (unpaired) electrons. The van der Waals surface area contributed by atoms with Crippen molar-refractivity contribution >= 4 is 35.5 Å². The molecule has 0 unspecified atom stereocenters. The molecule has 0 spiro atoms. The Bertz CT molecular complexity index is 862. The van der Waals surface area contributed by atoms with E-state index in [2.05, 4.69) is 22.7 Å². The average molecular weight is 367 g/mol. The van der Waals surface area contributed by atoms with Crippen molar-refractivity contribution in [3.05, 3.63) is 95.0 Å². The summed E-state index contributed by atoms with van der Waals surface area (Å²) in [5.41, 5.74) is 3.92. The second-order valence-electron chi connectivity index (χ2n) is 5.19. The first-order chi connectivity index (χ1) is 12.2. The van der Waals surface area contributed by atoms with E-state index in [1.54, 1.807) is 42.2 Å². The van der Waals surface area contributed by atoms with Crippen molar-refractivity contribution in [1.82, 2.24) is 5.43 Å². The van der Waals surface area contributed by atoms with Crippen molar-refractivity contribution in [2.45, 2.75) is 9.79 Å². The number of halogens is 1. The number of carbonyl (C=O) groups is 1. The molecule has 0 aliphatic carbocycles. The number of carbonyl (C=O) groups excluding carboxylic acids is 1. The highest BCUT2D eigenvalue weighted by molar-refractivity contribution is 7.99. The van der Waals surface area contributed by atoms with Gasteiger partial charge in [-0.15, -0.1) is 0 Å². The summed E-state index contributed by atoms with van der Waals surface area (Å²) in [6.45, 7) is 0. The molecule has 124 valence electrons. The van der Waals surface area contributed by atoms with Gasteiger partial charge < -0.3 is 0 Å². The minimum absolute atomic E-state index is 0.274. The number of nitrogens with zero attached hydrogens (tertiary/aromatic N) is 1. The van der Waals surface area contributed by atoms with Gasteiger partial charge in [0.1, 0.15) is 0 Å². The normalized spacial score (nSPS) is 10.8. The van der Waals surface area contributed by atoms with Crippen LogP contribution in [0.2, 0.25) is 5.02 Å². The first kappa shape index (κ1) is 17.3. The first-order valence-corrected chi connectivity index (χ1v) is 8.82. The fraction of sp³-hybridized carbons (Fsp3) is 0. The van der Waals surface area contributed by atoms with Gasteiger partial charge in [0.15, 0.2) is 0 Å². The molecule has 25 heavy (non-hydrogen) atoms. The molecule has 1 amide bonds. The van der Waals surface area contributed by atoms with Crippen LogP contribution in [-0.4, -0.2) is 12.1 Å². The zero-order valence-corrected chi connectivity index (χ0v) is 14.8. The summed E-state index contributed by atoms with van der Waals surface area (Å²) in [7, 11) is 0. The Morgan fingerprint density at radius 3 is 2.20 bits per heavy atom. The van der Waals surface area contributed by atoms with Crippen LogP contribution < -0.4 is 5.43 Å². The second kappa shape index (κ2) is 8.51. The van der Waals surface area contributed by atoms with Crippen LogP contribution in [0.25, 0.3) is 0 Å². The molecule has 0 atom stereocenters. The van der Waals surface area contributed by atoms with E-state index in [1.165, 1.54) is 4.90 Å². The van der Waals surface area contributed by atoms with Crippen molar-refractivity contribution in [3.63, 3.8) is 0 Å². The van der Waals surface area contributed by atoms with Crippen LogP contribution >= 0.6 is 23.4 Å². The number of hydrazone groups is 1. The predicted molar refractivity (Wildman–Crippen MR) is 104 cm³/mol. The molecular weight excluding hydrogens is 352 g/mol. The number of nitrogens with one attached hydrogen (secondary N) is 1. The first-order valence-electron chi connectivity index (χ1n) is 7.63. The van der Waals surface area contributed by atoms with Gasteiger partial charge in [0.25, 0.3) is 5.91 Å². The third-order valence-electron chi connectivity index (χ3n) is 3.35. The van der Waals surface area contributed by atoms with Gasteiger partial charge in [-0.05, 0) is 54.1 Å². The van der Waals surface area contributed by atoms with E-state index >= 15 is 0 Å². The Labute approximate surface area is 155 Å². The molecule has 3 aromatic rings. The molecular formula is C20H15ClN2OS. The maximum atomic E-state index is 11.9. The molecule has 0 saturated carbocycles. The molecule has 0 saturated heterocycles. The predicted octanol–water partition coefficient (Wildman–Crippen LogP) is 5.26. The Morgan fingerprint density at radius 1 is 0.880 bits per heavy atom. The Hall–Kier alpha value is -2.56. The molecule has 1 N–H and O–H groups in total. The summed E-state index contributed by atoms with van der Waals surface area (Å²) in [6.07, 6.45) is 1.62. The molecule has 0 heterocycles. The van der Waals surface area contributed by atoms with E-state index in [4.69, 9.17) is 11.6 Å². The fourth-order valence-electron chi connectivity index (χ4n) is 2.08. The van der Waals surface area contributed by atoms with Crippen LogP contribution in [0.3, 0.4) is 0 Å². The second-order valence-corrected chi connectivity index (χ2v) is 6.77. The average Bonchev–Trinajstić information content (AvgIpc) is 2.64. The summed E-state index contributed by atoms with van der Waals surface area (Å²) in [6, 6.07) is 24.8. The molecule has 3 nitrogen and oxygen atoms in total. The summed E-state index contributed by atoms with van der Waals surface area (Å²) < 4.78 is 0. The molecule has 5 heteroatoms. The summed E-state index contributed by atoms with van der Waals surface area (Å²) in [5, 5.41) is 4.58. The Balaban J connectivity index is 1.56. The minimum atomic E-state index is -0.274. The lowest BCUT2D eigenvalue weighted by atomic mass is 10.2. The lowest BCUT2D eigenvalue weighted by molar-refractivity contribution is 0.0955. The molecule has 0 aliphatic heterocycles. The number of hydrogen-bond acceptors (Lipinski definition) is 3. The summed E-state index contributed by atoms with van der Waals surface area (Å²) >= 11 is 7.50. The highest BCUT2D eigenvalue weighted by Gasteiger charge is 2.03. The standard InChI is InChI=1S/C20H15ClN2OS/c21-17-10-8-16(9-11-17)20(24)23-22-14-15-6-12-19(13-7-15)25-18-4-2-1-3-5-18/h1-14H,(H,23,24)/b22-14-.